The van der Waals surface area contributed by atoms with Gasteiger partial charge in [-0.15, -0.1) is 0 Å². The second-order valence-electron chi connectivity index (χ2n) is 8.69. The van der Waals surface area contributed by atoms with Gasteiger partial charge in [0.15, 0.2) is 16.9 Å². The van der Waals surface area contributed by atoms with E-state index in [0.717, 1.165) is 78.5 Å². The third-order valence-electron chi connectivity index (χ3n) is 6.66. The van der Waals surface area contributed by atoms with E-state index in [1.165, 1.54) is 10.5 Å². The number of pyridine rings is 1. The van der Waals surface area contributed by atoms with Crippen LogP contribution in [-0.2, 0) is 13.1 Å². The van der Waals surface area contributed by atoms with Crippen LogP contribution in [0.1, 0.15) is 22.4 Å². The molecule has 3 N–H and O–H groups in total. The third kappa shape index (κ3) is 3.91. The highest BCUT2D eigenvalue weighted by molar-refractivity contribution is 6.32. The maximum Gasteiger partial charge on any atom is 0.231 e. The second-order valence-corrected chi connectivity index (χ2v) is 9.10. The van der Waals surface area contributed by atoms with Crippen molar-refractivity contribution in [1.82, 2.24) is 4.98 Å². The Labute approximate surface area is 186 Å². The average molecular weight is 442 g/mol. The van der Waals surface area contributed by atoms with Crippen molar-refractivity contribution in [3.63, 3.8) is 0 Å². The number of H-pyrrole nitrogens is 1. The molecular weight excluding hydrogens is 414 g/mol. The molecule has 31 heavy (non-hydrogen) atoms. The molecule has 0 amide bonds. The summed E-state index contributed by atoms with van der Waals surface area (Å²) in [6.07, 6.45) is 0. The number of fused-ring (bicyclic) bond motifs is 2. The van der Waals surface area contributed by atoms with Gasteiger partial charge in [-0.25, -0.2) is 0 Å². The molecule has 6 nitrogen and oxygen atoms in total. The molecule has 2 aliphatic heterocycles. The quantitative estimate of drug-likeness (QED) is 0.566. The molecular formula is C24H28ClN3O3+2. The summed E-state index contributed by atoms with van der Waals surface area (Å²) in [7, 11) is 0. The van der Waals surface area contributed by atoms with Gasteiger partial charge in [0.25, 0.3) is 0 Å². The van der Waals surface area contributed by atoms with Crippen molar-refractivity contribution in [3.05, 3.63) is 68.0 Å². The fourth-order valence-corrected chi connectivity index (χ4v) is 4.90. The lowest BCUT2D eigenvalue weighted by Gasteiger charge is -2.30. The number of hydrogen-bond acceptors (Lipinski definition) is 3. The van der Waals surface area contributed by atoms with Gasteiger partial charge in [0.1, 0.15) is 39.3 Å². The van der Waals surface area contributed by atoms with E-state index in [4.69, 9.17) is 21.1 Å². The standard InChI is InChI=1S/C24H26ClN3O3/c1-15-20(25)5-4-18-23(15)26-16(2)19(24(18)29)13-28-9-7-27(8-10-28)12-17-3-6-21-22(11-17)31-14-30-21/h3-6,11H,7-10,12-14H2,1-2H3,(H,26,29)/p+2. The topological polar surface area (TPSA) is 60.2 Å². The fraction of sp³-hybridized carbons (Fsp3) is 0.375. The number of aromatic nitrogens is 1. The molecule has 0 unspecified atom stereocenters. The molecule has 5 rings (SSSR count). The van der Waals surface area contributed by atoms with Crippen molar-refractivity contribution < 1.29 is 19.3 Å². The third-order valence-corrected chi connectivity index (χ3v) is 7.07. The molecule has 1 fully saturated rings. The summed E-state index contributed by atoms with van der Waals surface area (Å²) in [6.45, 7) is 10.3. The van der Waals surface area contributed by atoms with Crippen LogP contribution in [0.5, 0.6) is 11.5 Å². The van der Waals surface area contributed by atoms with E-state index in [1.54, 1.807) is 4.90 Å². The number of aryl methyl sites for hydroxylation is 2. The number of benzene rings is 2. The number of ether oxygens (including phenoxy) is 2. The van der Waals surface area contributed by atoms with Crippen molar-refractivity contribution in [2.45, 2.75) is 26.9 Å². The van der Waals surface area contributed by atoms with E-state index in [1.807, 2.05) is 32.0 Å². The predicted octanol–water partition coefficient (Wildman–Crippen LogP) is 1.01. The summed E-state index contributed by atoms with van der Waals surface area (Å²) >= 11 is 6.25. The van der Waals surface area contributed by atoms with Crippen LogP contribution in [0.15, 0.2) is 35.1 Å². The Bertz CT molecular complexity index is 1200. The van der Waals surface area contributed by atoms with Crippen LogP contribution < -0.4 is 24.7 Å². The van der Waals surface area contributed by atoms with E-state index in [0.29, 0.717) is 11.8 Å². The van der Waals surface area contributed by atoms with Crippen molar-refractivity contribution in [2.24, 2.45) is 0 Å². The van der Waals surface area contributed by atoms with Gasteiger partial charge in [-0.2, -0.15) is 0 Å². The molecule has 1 saturated heterocycles. The summed E-state index contributed by atoms with van der Waals surface area (Å²) in [5, 5.41) is 1.41. The highest BCUT2D eigenvalue weighted by Gasteiger charge is 2.26. The predicted molar refractivity (Wildman–Crippen MR) is 120 cm³/mol. The Balaban J connectivity index is 1.26. The molecule has 3 heterocycles. The van der Waals surface area contributed by atoms with E-state index in [-0.39, 0.29) is 5.43 Å². The maximum atomic E-state index is 13.2. The van der Waals surface area contributed by atoms with E-state index >= 15 is 0 Å². The van der Waals surface area contributed by atoms with Crippen molar-refractivity contribution in [3.8, 4) is 11.5 Å². The number of halogens is 1. The lowest BCUT2D eigenvalue weighted by molar-refractivity contribution is -1.02. The number of piperazine rings is 1. The smallest absolute Gasteiger partial charge is 0.231 e. The summed E-state index contributed by atoms with van der Waals surface area (Å²) in [4.78, 5) is 19.6. The first kappa shape index (κ1) is 20.4. The number of aromatic amines is 1. The molecule has 1 aromatic heterocycles. The first-order valence-corrected chi connectivity index (χ1v) is 11.2. The van der Waals surface area contributed by atoms with Crippen LogP contribution in [0.4, 0.5) is 0 Å². The first-order valence-electron chi connectivity index (χ1n) is 10.9. The minimum atomic E-state index is 0.133. The molecule has 2 aliphatic rings. The van der Waals surface area contributed by atoms with Gasteiger partial charge in [-0.1, -0.05) is 11.6 Å². The molecule has 0 atom stereocenters. The van der Waals surface area contributed by atoms with E-state index in [9.17, 15) is 4.79 Å². The van der Waals surface area contributed by atoms with Crippen molar-refractivity contribution in [1.29, 1.82) is 0 Å². The number of quaternary nitrogens is 2. The van der Waals surface area contributed by atoms with Crippen molar-refractivity contribution in [2.75, 3.05) is 33.0 Å². The van der Waals surface area contributed by atoms with Crippen molar-refractivity contribution >= 4 is 22.5 Å². The zero-order valence-corrected chi connectivity index (χ0v) is 18.7. The largest absolute Gasteiger partial charge is 0.454 e. The number of hydrogen-bond donors (Lipinski definition) is 3. The highest BCUT2D eigenvalue weighted by atomic mass is 35.5. The van der Waals surface area contributed by atoms with Gasteiger partial charge in [0, 0.05) is 21.7 Å². The van der Waals surface area contributed by atoms with Crippen LogP contribution in [-0.4, -0.2) is 38.0 Å². The molecule has 7 heteroatoms. The van der Waals surface area contributed by atoms with E-state index < -0.39 is 0 Å². The fourth-order valence-electron chi connectivity index (χ4n) is 4.75. The minimum absolute atomic E-state index is 0.133. The lowest BCUT2D eigenvalue weighted by Crippen LogP contribution is -3.27. The number of rotatable bonds is 4. The Morgan fingerprint density at radius 1 is 0.968 bits per heavy atom. The number of nitrogens with one attached hydrogen (secondary N) is 3. The average Bonchev–Trinajstić information content (AvgIpc) is 3.23. The molecule has 2 aromatic carbocycles. The molecule has 0 saturated carbocycles. The Morgan fingerprint density at radius 3 is 2.45 bits per heavy atom. The zero-order valence-electron chi connectivity index (χ0n) is 17.9. The molecule has 0 bridgehead atoms. The van der Waals surface area contributed by atoms with Gasteiger partial charge in [0.2, 0.25) is 6.79 Å². The van der Waals surface area contributed by atoms with Gasteiger partial charge in [-0.05, 0) is 49.7 Å². The molecule has 0 spiro atoms. The molecule has 3 aromatic rings. The van der Waals surface area contributed by atoms with Crippen LogP contribution in [0.2, 0.25) is 5.02 Å². The van der Waals surface area contributed by atoms with Crippen LogP contribution in [0.25, 0.3) is 10.9 Å². The maximum absolute atomic E-state index is 13.2. The molecule has 0 radical (unpaired) electrons. The second kappa shape index (κ2) is 8.19. The highest BCUT2D eigenvalue weighted by Crippen LogP contribution is 2.32. The van der Waals surface area contributed by atoms with Crippen LogP contribution in [0, 0.1) is 13.8 Å². The van der Waals surface area contributed by atoms with Gasteiger partial charge < -0.3 is 24.3 Å². The van der Waals surface area contributed by atoms with Crippen LogP contribution in [0.3, 0.4) is 0 Å². The Morgan fingerprint density at radius 2 is 1.68 bits per heavy atom. The lowest BCUT2D eigenvalue weighted by atomic mass is 10.0. The summed E-state index contributed by atoms with van der Waals surface area (Å²) < 4.78 is 10.9. The monoisotopic (exact) mass is 441 g/mol. The zero-order chi connectivity index (χ0) is 21.5. The summed E-state index contributed by atoms with van der Waals surface area (Å²) in [6, 6.07) is 9.89. The first-order chi connectivity index (χ1) is 15.0. The summed E-state index contributed by atoms with van der Waals surface area (Å²) in [5.74, 6) is 1.69. The van der Waals surface area contributed by atoms with Gasteiger partial charge in [-0.3, -0.25) is 4.79 Å². The molecule has 0 aliphatic carbocycles. The van der Waals surface area contributed by atoms with Crippen LogP contribution >= 0.6 is 11.6 Å². The van der Waals surface area contributed by atoms with E-state index in [2.05, 4.69) is 17.1 Å². The Hall–Kier alpha value is -2.54. The Kier molecular flexibility index (Phi) is 5.38. The normalized spacial score (nSPS) is 20.4. The summed E-state index contributed by atoms with van der Waals surface area (Å²) in [5.41, 5.74) is 5.03. The molecule has 162 valence electrons. The SMILES string of the molecule is Cc1[nH]c2c(C)c(Cl)ccc2c(=O)c1C[NH+]1CC[NH+](Cc2ccc3c(c2)OCO3)CC1. The minimum Gasteiger partial charge on any atom is -0.454 e. The van der Waals surface area contributed by atoms with Gasteiger partial charge >= 0.3 is 0 Å². The van der Waals surface area contributed by atoms with Gasteiger partial charge in [0.05, 0.1) is 11.1 Å².